The summed E-state index contributed by atoms with van der Waals surface area (Å²) in [4.78, 5) is 10.8. The Morgan fingerprint density at radius 1 is 1.44 bits per heavy atom. The second-order valence-electron chi connectivity index (χ2n) is 1.73. The van der Waals surface area contributed by atoms with E-state index in [1.807, 2.05) is 12.1 Å². The van der Waals surface area contributed by atoms with Crippen molar-refractivity contribution in [1.82, 2.24) is 4.57 Å². The van der Waals surface area contributed by atoms with Gasteiger partial charge in [0.25, 0.3) is 0 Å². The smallest absolute Gasteiger partial charge is 0.230 e. The molecule has 0 aromatic carbocycles. The topological polar surface area (TPSA) is 22.0 Å². The Labute approximate surface area is 54.1 Å². The first-order valence-corrected chi connectivity index (χ1v) is 2.80. The number of carbonyl (C=O) groups is 1. The van der Waals surface area contributed by atoms with Gasteiger partial charge in [0.15, 0.2) is 0 Å². The quantitative estimate of drug-likeness (QED) is 0.551. The van der Waals surface area contributed by atoms with Crippen LogP contribution in [-0.4, -0.2) is 10.5 Å². The Morgan fingerprint density at radius 3 is 2.44 bits per heavy atom. The lowest BCUT2D eigenvalue weighted by Gasteiger charge is -1.93. The number of nitrogens with zero attached hydrogens (tertiary/aromatic N) is 1. The zero-order valence-corrected chi connectivity index (χ0v) is 5.08. The minimum absolute atomic E-state index is 0.0278. The SMILES string of the molecule is [CH2]CC(=O)n1cccc1. The molecule has 0 saturated carbocycles. The molecule has 0 atom stereocenters. The molecule has 0 aliphatic heterocycles. The Morgan fingerprint density at radius 2 is 2.00 bits per heavy atom. The summed E-state index contributed by atoms with van der Waals surface area (Å²) in [6.45, 7) is 3.47. The van der Waals surface area contributed by atoms with E-state index in [9.17, 15) is 4.79 Å². The summed E-state index contributed by atoms with van der Waals surface area (Å²) in [6.07, 6.45) is 3.75. The molecule has 1 aromatic heterocycles. The van der Waals surface area contributed by atoms with Gasteiger partial charge in [-0.2, -0.15) is 0 Å². The molecule has 0 spiro atoms. The molecule has 0 amide bonds. The van der Waals surface area contributed by atoms with E-state index in [0.717, 1.165) is 0 Å². The average Bonchev–Trinajstić information content (AvgIpc) is 2.37. The molecular formula is C7H8NO. The normalized spacial score (nSPS) is 9.44. The highest BCUT2D eigenvalue weighted by Crippen LogP contribution is 1.91. The van der Waals surface area contributed by atoms with Crippen LogP contribution in [0.5, 0.6) is 0 Å². The van der Waals surface area contributed by atoms with Crippen LogP contribution in [0.3, 0.4) is 0 Å². The molecule has 0 saturated heterocycles. The van der Waals surface area contributed by atoms with Crippen molar-refractivity contribution >= 4 is 5.91 Å². The van der Waals surface area contributed by atoms with E-state index in [0.29, 0.717) is 6.42 Å². The number of carbonyl (C=O) groups excluding carboxylic acids is 1. The van der Waals surface area contributed by atoms with Crippen LogP contribution in [0, 0.1) is 6.92 Å². The van der Waals surface area contributed by atoms with Gasteiger partial charge < -0.3 is 0 Å². The van der Waals surface area contributed by atoms with Crippen molar-refractivity contribution in [2.75, 3.05) is 0 Å². The summed E-state index contributed by atoms with van der Waals surface area (Å²) in [5.74, 6) is 0.0278. The predicted octanol–water partition coefficient (Wildman–Crippen LogP) is 1.35. The van der Waals surface area contributed by atoms with E-state index >= 15 is 0 Å². The highest BCUT2D eigenvalue weighted by Gasteiger charge is 1.95. The van der Waals surface area contributed by atoms with Crippen LogP contribution in [0.2, 0.25) is 0 Å². The maximum atomic E-state index is 10.8. The number of aromatic nitrogens is 1. The maximum absolute atomic E-state index is 10.8. The molecule has 0 N–H and O–H groups in total. The Bertz CT molecular complexity index is 189. The predicted molar refractivity (Wildman–Crippen MR) is 35.0 cm³/mol. The van der Waals surface area contributed by atoms with E-state index in [-0.39, 0.29) is 5.91 Å². The van der Waals surface area contributed by atoms with Crippen molar-refractivity contribution in [1.29, 1.82) is 0 Å². The van der Waals surface area contributed by atoms with Gasteiger partial charge in [0.1, 0.15) is 0 Å². The van der Waals surface area contributed by atoms with Crippen molar-refractivity contribution in [3.8, 4) is 0 Å². The fourth-order valence-electron chi connectivity index (χ4n) is 0.630. The van der Waals surface area contributed by atoms with Gasteiger partial charge >= 0.3 is 0 Å². The molecule has 0 bridgehead atoms. The van der Waals surface area contributed by atoms with Crippen LogP contribution in [-0.2, 0) is 0 Å². The van der Waals surface area contributed by atoms with Gasteiger partial charge in [0.2, 0.25) is 5.91 Å². The monoisotopic (exact) mass is 122 g/mol. The highest BCUT2D eigenvalue weighted by atomic mass is 16.1. The van der Waals surface area contributed by atoms with E-state index in [1.165, 1.54) is 4.57 Å². The minimum Gasteiger partial charge on any atom is -0.295 e. The lowest BCUT2D eigenvalue weighted by molar-refractivity contribution is 0.0917. The standard InChI is InChI=1S/C7H8NO/c1-2-7(9)8-5-3-4-6-8/h3-6H,1-2H2. The fraction of sp³-hybridized carbons (Fsp3) is 0.143. The molecule has 1 rings (SSSR count). The van der Waals surface area contributed by atoms with Gasteiger partial charge in [-0.25, -0.2) is 0 Å². The van der Waals surface area contributed by atoms with Gasteiger partial charge in [-0.15, -0.1) is 0 Å². The molecule has 2 nitrogen and oxygen atoms in total. The van der Waals surface area contributed by atoms with E-state index in [2.05, 4.69) is 6.92 Å². The molecule has 0 fully saturated rings. The summed E-state index contributed by atoms with van der Waals surface area (Å²) >= 11 is 0. The highest BCUT2D eigenvalue weighted by molar-refractivity contribution is 5.79. The van der Waals surface area contributed by atoms with Crippen LogP contribution < -0.4 is 0 Å². The van der Waals surface area contributed by atoms with Crippen LogP contribution in [0.25, 0.3) is 0 Å². The van der Waals surface area contributed by atoms with Crippen LogP contribution >= 0.6 is 0 Å². The summed E-state index contributed by atoms with van der Waals surface area (Å²) in [7, 11) is 0. The first-order chi connectivity index (χ1) is 4.34. The molecule has 2 heteroatoms. The van der Waals surface area contributed by atoms with Gasteiger partial charge in [-0.05, 0) is 19.1 Å². The molecule has 9 heavy (non-hydrogen) atoms. The number of rotatable bonds is 1. The molecular weight excluding hydrogens is 114 g/mol. The first kappa shape index (κ1) is 6.08. The number of hydrogen-bond donors (Lipinski definition) is 0. The van der Waals surface area contributed by atoms with Crippen molar-refractivity contribution < 1.29 is 4.79 Å². The average molecular weight is 122 g/mol. The summed E-state index contributed by atoms with van der Waals surface area (Å²) in [5, 5.41) is 0. The van der Waals surface area contributed by atoms with Crippen molar-refractivity contribution in [3.63, 3.8) is 0 Å². The largest absolute Gasteiger partial charge is 0.295 e. The second-order valence-corrected chi connectivity index (χ2v) is 1.73. The minimum atomic E-state index is 0.0278. The van der Waals surface area contributed by atoms with Crippen LogP contribution in [0.4, 0.5) is 0 Å². The third-order valence-corrected chi connectivity index (χ3v) is 1.11. The van der Waals surface area contributed by atoms with Gasteiger partial charge in [-0.1, -0.05) is 0 Å². The van der Waals surface area contributed by atoms with Crippen molar-refractivity contribution in [3.05, 3.63) is 31.5 Å². The maximum Gasteiger partial charge on any atom is 0.230 e. The molecule has 0 unspecified atom stereocenters. The van der Waals surface area contributed by atoms with E-state index < -0.39 is 0 Å². The van der Waals surface area contributed by atoms with Gasteiger partial charge in [0.05, 0.1) is 0 Å². The summed E-state index contributed by atoms with van der Waals surface area (Å²) in [6, 6.07) is 3.63. The van der Waals surface area contributed by atoms with E-state index in [1.54, 1.807) is 12.4 Å². The Kier molecular flexibility index (Phi) is 1.68. The number of hydrogen-bond acceptors (Lipinski definition) is 1. The van der Waals surface area contributed by atoms with Gasteiger partial charge in [-0.3, -0.25) is 9.36 Å². The van der Waals surface area contributed by atoms with Crippen LogP contribution in [0.1, 0.15) is 11.2 Å². The van der Waals surface area contributed by atoms with Crippen LogP contribution in [0.15, 0.2) is 24.5 Å². The lowest BCUT2D eigenvalue weighted by atomic mass is 10.4. The zero-order valence-electron chi connectivity index (χ0n) is 5.08. The summed E-state index contributed by atoms with van der Waals surface area (Å²) < 4.78 is 1.52. The molecule has 0 aliphatic carbocycles. The molecule has 0 aliphatic rings. The van der Waals surface area contributed by atoms with Crippen molar-refractivity contribution in [2.24, 2.45) is 0 Å². The third-order valence-electron chi connectivity index (χ3n) is 1.11. The first-order valence-electron chi connectivity index (χ1n) is 2.80. The Hall–Kier alpha value is -1.05. The van der Waals surface area contributed by atoms with Crippen molar-refractivity contribution in [2.45, 2.75) is 6.42 Å². The molecule has 47 valence electrons. The third kappa shape index (κ3) is 1.19. The Balaban J connectivity index is 2.77. The lowest BCUT2D eigenvalue weighted by Crippen LogP contribution is -2.04. The molecule has 1 radical (unpaired) electrons. The zero-order chi connectivity index (χ0) is 6.69. The van der Waals surface area contributed by atoms with E-state index in [4.69, 9.17) is 0 Å². The fourth-order valence-corrected chi connectivity index (χ4v) is 0.630. The second kappa shape index (κ2) is 2.49. The summed E-state index contributed by atoms with van der Waals surface area (Å²) in [5.41, 5.74) is 0. The molecule has 1 aromatic rings. The van der Waals surface area contributed by atoms with Gasteiger partial charge in [0, 0.05) is 18.8 Å². The molecule has 1 heterocycles.